The minimum Gasteiger partial charge on any atom is -0.493 e. The molecule has 0 aliphatic carbocycles. The van der Waals surface area contributed by atoms with Crippen molar-refractivity contribution in [1.82, 2.24) is 19.4 Å². The molecule has 32 heavy (non-hydrogen) atoms. The van der Waals surface area contributed by atoms with Crippen molar-refractivity contribution in [2.24, 2.45) is 0 Å². The van der Waals surface area contributed by atoms with Crippen LogP contribution in [-0.2, 0) is 19.6 Å². The van der Waals surface area contributed by atoms with Gasteiger partial charge in [0.2, 0.25) is 21.8 Å². The van der Waals surface area contributed by atoms with E-state index in [1.54, 1.807) is 4.90 Å². The lowest BCUT2D eigenvalue weighted by atomic mass is 10.2. The number of nitrogens with one attached hydrogen (secondary N) is 1. The van der Waals surface area contributed by atoms with Crippen LogP contribution < -0.4 is 14.2 Å². The molecule has 2 fully saturated rings. The predicted molar refractivity (Wildman–Crippen MR) is 118 cm³/mol. The number of methoxy groups -OCH3 is 2. The van der Waals surface area contributed by atoms with Gasteiger partial charge in [-0.2, -0.15) is 0 Å². The molecule has 11 heteroatoms. The summed E-state index contributed by atoms with van der Waals surface area (Å²) in [4.78, 5) is 30.5. The zero-order chi connectivity index (χ0) is 23.1. The summed E-state index contributed by atoms with van der Waals surface area (Å²) >= 11 is 0. The van der Waals surface area contributed by atoms with Gasteiger partial charge < -0.3 is 19.3 Å². The highest BCUT2D eigenvalue weighted by molar-refractivity contribution is 7.89. The summed E-state index contributed by atoms with van der Waals surface area (Å²) in [5, 5.41) is 0. The molecule has 2 aliphatic heterocycles. The van der Waals surface area contributed by atoms with Crippen LogP contribution in [-0.4, -0.2) is 102 Å². The first-order chi connectivity index (χ1) is 15.3. The number of hydrogen-bond acceptors (Lipinski definition) is 7. The number of carbonyl (C=O) groups excluding carboxylic acids is 2. The van der Waals surface area contributed by atoms with Crippen LogP contribution in [0, 0.1) is 0 Å². The lowest BCUT2D eigenvalue weighted by Crippen LogP contribution is -2.51. The van der Waals surface area contributed by atoms with E-state index in [0.717, 1.165) is 25.9 Å². The first-order valence-corrected chi connectivity index (χ1v) is 12.3. The molecule has 2 aliphatic rings. The highest BCUT2D eigenvalue weighted by atomic mass is 32.2. The van der Waals surface area contributed by atoms with Crippen LogP contribution in [0.1, 0.15) is 19.3 Å². The van der Waals surface area contributed by atoms with Crippen molar-refractivity contribution in [2.75, 3.05) is 66.6 Å². The highest BCUT2D eigenvalue weighted by Gasteiger charge is 2.25. The van der Waals surface area contributed by atoms with E-state index in [2.05, 4.69) is 9.62 Å². The Morgan fingerprint density at radius 2 is 1.53 bits per heavy atom. The van der Waals surface area contributed by atoms with Gasteiger partial charge in [-0.15, -0.1) is 0 Å². The number of nitrogens with zero attached hydrogens (tertiary/aromatic N) is 3. The van der Waals surface area contributed by atoms with Crippen molar-refractivity contribution in [3.05, 3.63) is 18.2 Å². The number of ether oxygens (including phenoxy) is 2. The molecule has 0 saturated carbocycles. The quantitative estimate of drug-likeness (QED) is 0.549. The minimum atomic E-state index is -3.78. The van der Waals surface area contributed by atoms with Crippen LogP contribution in [0.5, 0.6) is 11.5 Å². The van der Waals surface area contributed by atoms with E-state index in [0.29, 0.717) is 44.2 Å². The van der Waals surface area contributed by atoms with Crippen molar-refractivity contribution >= 4 is 21.8 Å². The molecule has 3 rings (SSSR count). The van der Waals surface area contributed by atoms with Crippen molar-refractivity contribution in [3.63, 3.8) is 0 Å². The Morgan fingerprint density at radius 3 is 2.16 bits per heavy atom. The molecule has 10 nitrogen and oxygen atoms in total. The molecule has 0 unspecified atom stereocenters. The third kappa shape index (κ3) is 6.11. The molecular weight excluding hydrogens is 436 g/mol. The zero-order valence-corrected chi connectivity index (χ0v) is 19.5. The average molecular weight is 469 g/mol. The molecule has 1 aromatic rings. The largest absolute Gasteiger partial charge is 0.493 e. The van der Waals surface area contributed by atoms with Crippen LogP contribution in [0.3, 0.4) is 0 Å². The number of hydrogen-bond donors (Lipinski definition) is 1. The predicted octanol–water partition coefficient (Wildman–Crippen LogP) is 0.139. The van der Waals surface area contributed by atoms with Crippen LogP contribution in [0.25, 0.3) is 0 Å². The summed E-state index contributed by atoms with van der Waals surface area (Å²) in [5.74, 6) is 0.799. The number of likely N-dealkylation sites (tertiary alicyclic amines) is 1. The summed E-state index contributed by atoms with van der Waals surface area (Å²) < 4.78 is 37.8. The van der Waals surface area contributed by atoms with E-state index in [1.807, 2.05) is 4.90 Å². The van der Waals surface area contributed by atoms with Gasteiger partial charge in [0.25, 0.3) is 0 Å². The van der Waals surface area contributed by atoms with E-state index in [-0.39, 0.29) is 29.7 Å². The topological polar surface area (TPSA) is 108 Å². The normalized spacial score (nSPS) is 17.4. The minimum absolute atomic E-state index is 0.00315. The van der Waals surface area contributed by atoms with Crippen LogP contribution in [0.4, 0.5) is 0 Å². The maximum absolute atomic E-state index is 12.5. The molecule has 2 amide bonds. The second-order valence-electron chi connectivity index (χ2n) is 7.91. The summed E-state index contributed by atoms with van der Waals surface area (Å²) in [6, 6.07) is 4.33. The third-order valence-corrected chi connectivity index (χ3v) is 7.30. The lowest BCUT2D eigenvalue weighted by molar-refractivity contribution is -0.134. The number of carbonyl (C=O) groups is 2. The number of rotatable bonds is 9. The Labute approximate surface area is 189 Å². The van der Waals surface area contributed by atoms with Gasteiger partial charge in [-0.3, -0.25) is 14.5 Å². The fourth-order valence-corrected chi connectivity index (χ4v) is 4.98. The van der Waals surface area contributed by atoms with Gasteiger partial charge in [0.05, 0.1) is 25.7 Å². The second-order valence-corrected chi connectivity index (χ2v) is 9.68. The molecule has 1 aromatic carbocycles. The monoisotopic (exact) mass is 468 g/mol. The molecule has 178 valence electrons. The molecule has 1 N–H and O–H groups in total. The van der Waals surface area contributed by atoms with Gasteiger partial charge in [-0.05, 0) is 25.0 Å². The fourth-order valence-electron chi connectivity index (χ4n) is 3.93. The Bertz CT molecular complexity index is 909. The average Bonchev–Trinajstić information content (AvgIpc) is 3.34. The lowest BCUT2D eigenvalue weighted by Gasteiger charge is -2.35. The Balaban J connectivity index is 1.42. The van der Waals surface area contributed by atoms with Crippen molar-refractivity contribution < 1.29 is 27.5 Å². The standard InChI is InChI=1S/C21H32N4O6S/c1-30-18-6-5-17(15-19(18)31-2)32(28,29)22-8-7-20(26)25-13-11-23(12-14-25)16-21(27)24-9-3-4-10-24/h5-6,15,22H,3-4,7-14,16H2,1-2H3. The van der Waals surface area contributed by atoms with E-state index in [1.165, 1.54) is 32.4 Å². The van der Waals surface area contributed by atoms with Crippen molar-refractivity contribution in [3.8, 4) is 11.5 Å². The fraction of sp³-hybridized carbons (Fsp3) is 0.619. The van der Waals surface area contributed by atoms with E-state index < -0.39 is 10.0 Å². The summed E-state index contributed by atoms with van der Waals surface area (Å²) in [6.07, 6.45) is 2.22. The SMILES string of the molecule is COc1ccc(S(=O)(=O)NCCC(=O)N2CCN(CC(=O)N3CCCC3)CC2)cc1OC. The first-order valence-electron chi connectivity index (χ1n) is 10.8. The van der Waals surface area contributed by atoms with Crippen LogP contribution >= 0.6 is 0 Å². The van der Waals surface area contributed by atoms with Gasteiger partial charge in [0.1, 0.15) is 0 Å². The van der Waals surface area contributed by atoms with Crippen molar-refractivity contribution in [2.45, 2.75) is 24.2 Å². The van der Waals surface area contributed by atoms with Crippen LogP contribution in [0.15, 0.2) is 23.1 Å². The molecule has 0 aromatic heterocycles. The number of amides is 2. The summed E-state index contributed by atoms with van der Waals surface area (Å²) in [6.45, 7) is 4.44. The van der Waals surface area contributed by atoms with Gasteiger partial charge in [-0.25, -0.2) is 13.1 Å². The third-order valence-electron chi connectivity index (χ3n) is 5.84. The van der Waals surface area contributed by atoms with Gasteiger partial charge >= 0.3 is 0 Å². The second kappa shape index (κ2) is 11.0. The van der Waals surface area contributed by atoms with E-state index >= 15 is 0 Å². The molecule has 2 saturated heterocycles. The Morgan fingerprint density at radius 1 is 0.906 bits per heavy atom. The zero-order valence-electron chi connectivity index (χ0n) is 18.7. The molecule has 0 atom stereocenters. The molecular formula is C21H32N4O6S. The first kappa shape index (κ1) is 24.3. The number of piperazine rings is 1. The molecule has 0 radical (unpaired) electrons. The van der Waals surface area contributed by atoms with Gasteiger partial charge in [0.15, 0.2) is 11.5 Å². The van der Waals surface area contributed by atoms with Gasteiger partial charge in [0, 0.05) is 58.3 Å². The smallest absolute Gasteiger partial charge is 0.240 e. The summed E-state index contributed by atoms with van der Waals surface area (Å²) in [7, 11) is -0.875. The number of benzene rings is 1. The maximum atomic E-state index is 12.5. The molecule has 0 spiro atoms. The Hall–Kier alpha value is -2.37. The number of sulfonamides is 1. The van der Waals surface area contributed by atoms with Crippen LogP contribution in [0.2, 0.25) is 0 Å². The van der Waals surface area contributed by atoms with E-state index in [4.69, 9.17) is 9.47 Å². The molecule has 2 heterocycles. The highest BCUT2D eigenvalue weighted by Crippen LogP contribution is 2.29. The van der Waals surface area contributed by atoms with E-state index in [9.17, 15) is 18.0 Å². The summed E-state index contributed by atoms with van der Waals surface area (Å²) in [5.41, 5.74) is 0. The molecule has 0 bridgehead atoms. The Kier molecular flexibility index (Phi) is 8.32. The van der Waals surface area contributed by atoms with Crippen molar-refractivity contribution in [1.29, 1.82) is 0 Å². The maximum Gasteiger partial charge on any atom is 0.240 e. The van der Waals surface area contributed by atoms with Gasteiger partial charge in [-0.1, -0.05) is 0 Å².